The van der Waals surface area contributed by atoms with Crippen LogP contribution in [0.2, 0.25) is 0 Å². The third-order valence-corrected chi connectivity index (χ3v) is 2.70. The topological polar surface area (TPSA) is 12.0 Å². The van der Waals surface area contributed by atoms with Crippen LogP contribution in [0.15, 0.2) is 49.1 Å². The maximum absolute atomic E-state index is 3.76. The van der Waals surface area contributed by atoms with Gasteiger partial charge in [-0.3, -0.25) is 0 Å². The van der Waals surface area contributed by atoms with Crippen LogP contribution in [0.3, 0.4) is 0 Å². The van der Waals surface area contributed by atoms with Gasteiger partial charge in [0.2, 0.25) is 0 Å². The van der Waals surface area contributed by atoms with E-state index in [0.717, 1.165) is 6.54 Å². The lowest BCUT2D eigenvalue weighted by Gasteiger charge is -2.16. The Morgan fingerprint density at radius 3 is 2.53 bits per heavy atom. The van der Waals surface area contributed by atoms with Crippen LogP contribution in [0.25, 0.3) is 0 Å². The van der Waals surface area contributed by atoms with E-state index < -0.39 is 0 Å². The molecule has 17 heavy (non-hydrogen) atoms. The van der Waals surface area contributed by atoms with Crippen LogP contribution < -0.4 is 5.32 Å². The van der Waals surface area contributed by atoms with Gasteiger partial charge in [0.05, 0.1) is 0 Å². The van der Waals surface area contributed by atoms with Crippen LogP contribution in [-0.4, -0.2) is 12.6 Å². The van der Waals surface area contributed by atoms with Gasteiger partial charge in [-0.25, -0.2) is 0 Å². The lowest BCUT2D eigenvalue weighted by atomic mass is 10.0. The molecule has 1 aliphatic heterocycles. The summed E-state index contributed by atoms with van der Waals surface area (Å²) in [5.41, 5.74) is 1.31. The summed E-state index contributed by atoms with van der Waals surface area (Å²) < 4.78 is 0. The molecule has 1 rings (SSSR count). The second kappa shape index (κ2) is 11.4. The molecule has 96 valence electrons. The van der Waals surface area contributed by atoms with Gasteiger partial charge in [-0.2, -0.15) is 0 Å². The van der Waals surface area contributed by atoms with E-state index >= 15 is 0 Å². The molecule has 1 aliphatic rings. The Kier molecular flexibility index (Phi) is 10.7. The molecular weight excluding hydrogens is 206 g/mol. The summed E-state index contributed by atoms with van der Waals surface area (Å²) in [6, 6.07) is 0.488. The predicted molar refractivity (Wildman–Crippen MR) is 79.2 cm³/mol. The molecule has 1 atom stereocenters. The molecule has 1 N–H and O–H groups in total. The second-order valence-electron chi connectivity index (χ2n) is 3.85. The fraction of sp³-hybridized carbons (Fsp3) is 0.500. The van der Waals surface area contributed by atoms with Crippen molar-refractivity contribution in [2.24, 2.45) is 0 Å². The highest BCUT2D eigenvalue weighted by Gasteiger charge is 2.13. The average molecular weight is 233 g/mol. The van der Waals surface area contributed by atoms with E-state index in [1.54, 1.807) is 0 Å². The first-order valence-electron chi connectivity index (χ1n) is 6.73. The Hall–Kier alpha value is -1.08. The lowest BCUT2D eigenvalue weighted by molar-refractivity contribution is 0.581. The summed E-state index contributed by atoms with van der Waals surface area (Å²) in [6.07, 6.45) is 15.0. The minimum Gasteiger partial charge on any atom is -0.310 e. The van der Waals surface area contributed by atoms with Gasteiger partial charge in [0.25, 0.3) is 0 Å². The summed E-state index contributed by atoms with van der Waals surface area (Å²) in [7, 11) is 0. The molecule has 0 aromatic rings. The van der Waals surface area contributed by atoms with Crippen molar-refractivity contribution in [3.8, 4) is 0 Å². The Bertz CT molecular complexity index is 253. The van der Waals surface area contributed by atoms with E-state index in [1.165, 1.54) is 31.3 Å². The van der Waals surface area contributed by atoms with Crippen molar-refractivity contribution in [1.29, 1.82) is 0 Å². The molecule has 1 saturated heterocycles. The van der Waals surface area contributed by atoms with Crippen molar-refractivity contribution in [2.75, 3.05) is 6.54 Å². The third kappa shape index (κ3) is 6.96. The van der Waals surface area contributed by atoms with Gasteiger partial charge < -0.3 is 5.32 Å². The van der Waals surface area contributed by atoms with Crippen LogP contribution in [0.4, 0.5) is 0 Å². The van der Waals surface area contributed by atoms with Crippen molar-refractivity contribution >= 4 is 0 Å². The van der Waals surface area contributed by atoms with Crippen LogP contribution >= 0.6 is 0 Å². The third-order valence-electron chi connectivity index (χ3n) is 2.70. The van der Waals surface area contributed by atoms with Crippen LogP contribution in [0, 0.1) is 0 Å². The molecule has 1 nitrogen and oxygen atoms in total. The highest BCUT2D eigenvalue weighted by molar-refractivity contribution is 5.30. The molecule has 0 amide bonds. The number of rotatable bonds is 4. The summed E-state index contributed by atoms with van der Waals surface area (Å²) in [4.78, 5) is 0. The normalized spacial score (nSPS) is 21.3. The summed E-state index contributed by atoms with van der Waals surface area (Å²) >= 11 is 0. The molecule has 0 saturated carbocycles. The molecule has 0 aliphatic carbocycles. The van der Waals surface area contributed by atoms with E-state index in [0.29, 0.717) is 6.04 Å². The second-order valence-corrected chi connectivity index (χ2v) is 3.85. The van der Waals surface area contributed by atoms with Crippen LogP contribution in [-0.2, 0) is 0 Å². The van der Waals surface area contributed by atoms with Crippen molar-refractivity contribution < 1.29 is 0 Å². The summed E-state index contributed by atoms with van der Waals surface area (Å²) in [5, 5.41) is 3.57. The Morgan fingerprint density at radius 1 is 1.12 bits per heavy atom. The Morgan fingerprint density at radius 2 is 1.88 bits per heavy atom. The van der Waals surface area contributed by atoms with Gasteiger partial charge >= 0.3 is 0 Å². The number of allylic oxidation sites excluding steroid dienone is 4. The van der Waals surface area contributed by atoms with E-state index in [9.17, 15) is 0 Å². The number of nitrogens with one attached hydrogen (secondary N) is 1. The van der Waals surface area contributed by atoms with Crippen molar-refractivity contribution in [2.45, 2.75) is 45.6 Å². The zero-order valence-corrected chi connectivity index (χ0v) is 11.4. The van der Waals surface area contributed by atoms with Crippen molar-refractivity contribution in [3.05, 3.63) is 49.1 Å². The monoisotopic (exact) mass is 233 g/mol. The SMILES string of the molecule is C=C/C=C\C(=C/C=C)C1CCCCCN1.CC. The predicted octanol–water partition coefficient (Wildman–Crippen LogP) is 4.40. The number of hydrogen-bond donors (Lipinski definition) is 1. The van der Waals surface area contributed by atoms with E-state index in [4.69, 9.17) is 0 Å². The molecule has 0 aromatic heterocycles. The standard InChI is InChI=1S/C14H21N.C2H6/c1-3-5-10-13(9-4-2)14-11-7-6-8-12-15-14;1-2/h3-5,9-10,14-15H,1-2,6-8,11-12H2;1-2H3/b10-5-,13-9+;. The van der Waals surface area contributed by atoms with E-state index in [-0.39, 0.29) is 0 Å². The zero-order chi connectivity index (χ0) is 12.9. The highest BCUT2D eigenvalue weighted by Crippen LogP contribution is 2.16. The molecule has 0 aromatic carbocycles. The molecule has 1 heterocycles. The Balaban J connectivity index is 0.00000121. The van der Waals surface area contributed by atoms with Gasteiger partial charge in [0, 0.05) is 6.04 Å². The minimum absolute atomic E-state index is 0.488. The van der Waals surface area contributed by atoms with Gasteiger partial charge in [-0.1, -0.05) is 70.2 Å². The summed E-state index contributed by atoms with van der Waals surface area (Å²) in [5.74, 6) is 0. The average Bonchev–Trinajstić information content (AvgIpc) is 2.66. The molecule has 1 fully saturated rings. The van der Waals surface area contributed by atoms with Gasteiger partial charge in [-0.05, 0) is 25.0 Å². The maximum atomic E-state index is 3.76. The first-order valence-corrected chi connectivity index (χ1v) is 6.73. The minimum atomic E-state index is 0.488. The Labute approximate surface area is 107 Å². The first kappa shape index (κ1) is 15.9. The van der Waals surface area contributed by atoms with Gasteiger partial charge in [-0.15, -0.1) is 0 Å². The number of hydrogen-bond acceptors (Lipinski definition) is 1. The molecular formula is C16H27N. The smallest absolute Gasteiger partial charge is 0.0320 e. The largest absolute Gasteiger partial charge is 0.310 e. The van der Waals surface area contributed by atoms with Crippen LogP contribution in [0.5, 0.6) is 0 Å². The van der Waals surface area contributed by atoms with Gasteiger partial charge in [0.1, 0.15) is 0 Å². The zero-order valence-electron chi connectivity index (χ0n) is 11.4. The lowest BCUT2D eigenvalue weighted by Crippen LogP contribution is -2.29. The molecule has 0 spiro atoms. The molecule has 1 heteroatoms. The van der Waals surface area contributed by atoms with Crippen LogP contribution in [0.1, 0.15) is 39.5 Å². The molecule has 1 unspecified atom stereocenters. The first-order chi connectivity index (χ1) is 8.38. The highest BCUT2D eigenvalue weighted by atomic mass is 14.9. The van der Waals surface area contributed by atoms with Crippen molar-refractivity contribution in [3.63, 3.8) is 0 Å². The molecule has 0 bridgehead atoms. The fourth-order valence-electron chi connectivity index (χ4n) is 1.92. The molecule has 0 radical (unpaired) electrons. The maximum Gasteiger partial charge on any atom is 0.0320 e. The summed E-state index contributed by atoms with van der Waals surface area (Å²) in [6.45, 7) is 12.6. The van der Waals surface area contributed by atoms with E-state index in [1.807, 2.05) is 32.1 Å². The van der Waals surface area contributed by atoms with Crippen molar-refractivity contribution in [1.82, 2.24) is 5.32 Å². The van der Waals surface area contributed by atoms with E-state index in [2.05, 4.69) is 30.6 Å². The quantitative estimate of drug-likeness (QED) is 0.710. The van der Waals surface area contributed by atoms with Gasteiger partial charge in [0.15, 0.2) is 0 Å². The fourth-order valence-corrected chi connectivity index (χ4v) is 1.92.